The number of aromatic nitrogens is 2. The van der Waals surface area contributed by atoms with Gasteiger partial charge in [-0.1, -0.05) is 12.1 Å². The summed E-state index contributed by atoms with van der Waals surface area (Å²) >= 11 is 0. The molecule has 0 spiro atoms. The molecule has 1 saturated heterocycles. The number of aryl methyl sites for hydroxylation is 1. The summed E-state index contributed by atoms with van der Waals surface area (Å²) in [4.78, 5) is 30.4. The molecule has 1 atom stereocenters. The second-order valence-electron chi connectivity index (χ2n) is 6.14. The van der Waals surface area contributed by atoms with Gasteiger partial charge in [0, 0.05) is 39.0 Å². The lowest BCUT2D eigenvalue weighted by Gasteiger charge is -2.13. The van der Waals surface area contributed by atoms with Crippen molar-refractivity contribution in [1.29, 1.82) is 0 Å². The zero-order valence-corrected chi connectivity index (χ0v) is 14.3. The van der Waals surface area contributed by atoms with Gasteiger partial charge in [0.05, 0.1) is 17.0 Å². The molecule has 2 amide bonds. The van der Waals surface area contributed by atoms with Gasteiger partial charge in [-0.15, -0.1) is 0 Å². The van der Waals surface area contributed by atoms with Gasteiger partial charge in [0.2, 0.25) is 11.8 Å². The minimum atomic E-state index is -0.220. The molecule has 1 N–H and O–H groups in total. The van der Waals surface area contributed by atoms with Gasteiger partial charge in [-0.2, -0.15) is 0 Å². The third-order valence-electron chi connectivity index (χ3n) is 4.66. The van der Waals surface area contributed by atoms with Crippen molar-refractivity contribution in [1.82, 2.24) is 19.8 Å². The summed E-state index contributed by atoms with van der Waals surface area (Å²) in [5, 5.41) is 2.96. The summed E-state index contributed by atoms with van der Waals surface area (Å²) < 4.78 is 2.18. The maximum absolute atomic E-state index is 12.3. The Kier molecular flexibility index (Phi) is 4.83. The number of nitrogens with zero attached hydrogens (tertiary/aromatic N) is 3. The van der Waals surface area contributed by atoms with Crippen LogP contribution in [0.15, 0.2) is 24.3 Å². The van der Waals surface area contributed by atoms with Gasteiger partial charge < -0.3 is 14.8 Å². The zero-order chi connectivity index (χ0) is 17.1. The SMILES string of the molecule is CCN1C[C@H](C(=O)NCCc2nc3ccccc3n2CC)CC1=O. The highest BCUT2D eigenvalue weighted by atomic mass is 16.2. The molecule has 1 aliphatic rings. The minimum absolute atomic E-state index is 0.0292. The summed E-state index contributed by atoms with van der Waals surface area (Å²) in [6.45, 7) is 6.64. The Labute approximate surface area is 141 Å². The van der Waals surface area contributed by atoms with Crippen molar-refractivity contribution in [2.45, 2.75) is 33.2 Å². The lowest BCUT2D eigenvalue weighted by molar-refractivity contribution is -0.128. The number of nitrogens with one attached hydrogen (secondary N) is 1. The van der Waals surface area contributed by atoms with Gasteiger partial charge >= 0.3 is 0 Å². The molecule has 0 bridgehead atoms. The Morgan fingerprint density at radius 3 is 2.79 bits per heavy atom. The number of para-hydroxylation sites is 2. The normalized spacial score (nSPS) is 17.7. The number of hydrogen-bond acceptors (Lipinski definition) is 3. The molecule has 2 aromatic rings. The Morgan fingerprint density at radius 1 is 1.29 bits per heavy atom. The molecular weight excluding hydrogens is 304 g/mol. The average molecular weight is 328 g/mol. The summed E-state index contributed by atoms with van der Waals surface area (Å²) in [5.41, 5.74) is 2.11. The van der Waals surface area contributed by atoms with E-state index in [4.69, 9.17) is 0 Å². The van der Waals surface area contributed by atoms with Gasteiger partial charge in [-0.25, -0.2) is 4.98 Å². The minimum Gasteiger partial charge on any atom is -0.355 e. The molecule has 6 nitrogen and oxygen atoms in total. The van der Waals surface area contributed by atoms with Gasteiger partial charge in [-0.3, -0.25) is 9.59 Å². The molecule has 2 heterocycles. The van der Waals surface area contributed by atoms with Gasteiger partial charge in [0.25, 0.3) is 0 Å². The first kappa shape index (κ1) is 16.5. The van der Waals surface area contributed by atoms with E-state index < -0.39 is 0 Å². The van der Waals surface area contributed by atoms with Crippen LogP contribution < -0.4 is 5.32 Å². The number of likely N-dealkylation sites (tertiary alicyclic amines) is 1. The zero-order valence-electron chi connectivity index (χ0n) is 14.3. The third-order valence-corrected chi connectivity index (χ3v) is 4.66. The van der Waals surface area contributed by atoms with Crippen LogP contribution in [0.5, 0.6) is 0 Å². The van der Waals surface area contributed by atoms with Crippen LogP contribution in [0.4, 0.5) is 0 Å². The monoisotopic (exact) mass is 328 g/mol. The van der Waals surface area contributed by atoms with Crippen molar-refractivity contribution < 1.29 is 9.59 Å². The van der Waals surface area contributed by atoms with Crippen molar-refractivity contribution in [3.05, 3.63) is 30.1 Å². The van der Waals surface area contributed by atoms with E-state index in [9.17, 15) is 9.59 Å². The molecule has 24 heavy (non-hydrogen) atoms. The highest BCUT2D eigenvalue weighted by Gasteiger charge is 2.33. The summed E-state index contributed by atoms with van der Waals surface area (Å²) in [6, 6.07) is 8.07. The fourth-order valence-electron chi connectivity index (χ4n) is 3.36. The van der Waals surface area contributed by atoms with Gasteiger partial charge in [0.15, 0.2) is 0 Å². The highest BCUT2D eigenvalue weighted by Crippen LogP contribution is 2.18. The fraction of sp³-hybridized carbons (Fsp3) is 0.500. The molecule has 0 radical (unpaired) electrons. The molecule has 1 fully saturated rings. The van der Waals surface area contributed by atoms with Crippen LogP contribution in [-0.2, 0) is 22.6 Å². The first-order valence-electron chi connectivity index (χ1n) is 8.63. The smallest absolute Gasteiger partial charge is 0.225 e. The van der Waals surface area contributed by atoms with E-state index >= 15 is 0 Å². The van der Waals surface area contributed by atoms with Crippen LogP contribution in [0.2, 0.25) is 0 Å². The number of rotatable bonds is 6. The molecule has 1 aliphatic heterocycles. The van der Waals surface area contributed by atoms with E-state index in [1.165, 1.54) is 0 Å². The van der Waals surface area contributed by atoms with Gasteiger partial charge in [0.1, 0.15) is 5.82 Å². The predicted octanol–water partition coefficient (Wildman–Crippen LogP) is 1.58. The number of imidazole rings is 1. The molecule has 0 saturated carbocycles. The van der Waals surface area contributed by atoms with E-state index in [1.54, 1.807) is 4.90 Å². The molecule has 0 aliphatic carbocycles. The lowest BCUT2D eigenvalue weighted by Crippen LogP contribution is -2.34. The number of benzene rings is 1. The Hall–Kier alpha value is -2.37. The molecule has 3 rings (SSSR count). The predicted molar refractivity (Wildman–Crippen MR) is 92.5 cm³/mol. The second kappa shape index (κ2) is 7.03. The Balaban J connectivity index is 1.59. The van der Waals surface area contributed by atoms with Crippen molar-refractivity contribution >= 4 is 22.8 Å². The van der Waals surface area contributed by atoms with Crippen molar-refractivity contribution in [3.63, 3.8) is 0 Å². The fourth-order valence-corrected chi connectivity index (χ4v) is 3.36. The van der Waals surface area contributed by atoms with Crippen molar-refractivity contribution in [3.8, 4) is 0 Å². The number of fused-ring (bicyclic) bond motifs is 1. The molecule has 1 aromatic heterocycles. The van der Waals surface area contributed by atoms with Crippen LogP contribution in [0.1, 0.15) is 26.1 Å². The number of amides is 2. The van der Waals surface area contributed by atoms with Crippen LogP contribution in [0.3, 0.4) is 0 Å². The molecular formula is C18H24N4O2. The average Bonchev–Trinajstić information content (AvgIpc) is 3.14. The van der Waals surface area contributed by atoms with Crippen molar-refractivity contribution in [2.75, 3.05) is 19.6 Å². The molecule has 0 unspecified atom stereocenters. The van der Waals surface area contributed by atoms with E-state index in [2.05, 4.69) is 27.9 Å². The van der Waals surface area contributed by atoms with E-state index in [0.29, 0.717) is 32.5 Å². The summed E-state index contributed by atoms with van der Waals surface area (Å²) in [7, 11) is 0. The van der Waals surface area contributed by atoms with E-state index in [0.717, 1.165) is 23.4 Å². The first-order chi connectivity index (χ1) is 11.6. The van der Waals surface area contributed by atoms with E-state index in [1.807, 2.05) is 25.1 Å². The van der Waals surface area contributed by atoms with Gasteiger partial charge in [-0.05, 0) is 26.0 Å². The third kappa shape index (κ3) is 3.13. The number of hydrogen-bond donors (Lipinski definition) is 1. The Morgan fingerprint density at radius 2 is 2.08 bits per heavy atom. The maximum atomic E-state index is 12.3. The van der Waals surface area contributed by atoms with Crippen LogP contribution >= 0.6 is 0 Å². The lowest BCUT2D eigenvalue weighted by atomic mass is 10.1. The first-order valence-corrected chi connectivity index (χ1v) is 8.63. The van der Waals surface area contributed by atoms with Crippen molar-refractivity contribution in [2.24, 2.45) is 5.92 Å². The van der Waals surface area contributed by atoms with E-state index in [-0.39, 0.29) is 17.7 Å². The quantitative estimate of drug-likeness (QED) is 0.875. The summed E-state index contributed by atoms with van der Waals surface area (Å²) in [5.74, 6) is 0.808. The van der Waals surface area contributed by atoms with Crippen LogP contribution in [0, 0.1) is 5.92 Å². The Bertz CT molecular complexity index is 753. The maximum Gasteiger partial charge on any atom is 0.225 e. The topological polar surface area (TPSA) is 67.2 Å². The standard InChI is InChI=1S/C18H24N4O2/c1-3-21-12-13(11-17(21)23)18(24)19-10-9-16-20-14-7-5-6-8-15(14)22(16)4-2/h5-8,13H,3-4,9-12H2,1-2H3,(H,19,24)/t13-/m1/s1. The molecule has 128 valence electrons. The second-order valence-corrected chi connectivity index (χ2v) is 6.14. The summed E-state index contributed by atoms with van der Waals surface area (Å²) in [6.07, 6.45) is 1.01. The van der Waals surface area contributed by atoms with Crippen LogP contribution in [0.25, 0.3) is 11.0 Å². The van der Waals surface area contributed by atoms with Crippen LogP contribution in [-0.4, -0.2) is 45.9 Å². The number of carbonyl (C=O) groups excluding carboxylic acids is 2. The molecule has 6 heteroatoms. The largest absolute Gasteiger partial charge is 0.355 e. The molecule has 1 aromatic carbocycles. The highest BCUT2D eigenvalue weighted by molar-refractivity contribution is 5.89. The number of carbonyl (C=O) groups is 2.